The van der Waals surface area contributed by atoms with Crippen molar-refractivity contribution >= 4 is 24.4 Å². The molecule has 1 aliphatic rings. The average Bonchev–Trinajstić information content (AvgIpc) is 2.86. The van der Waals surface area contributed by atoms with Gasteiger partial charge in [-0.2, -0.15) is 10.1 Å². The Hall–Kier alpha value is -4.02. The maximum Gasteiger partial charge on any atom is 0.573 e. The van der Waals surface area contributed by atoms with Crippen LogP contribution in [0.15, 0.2) is 65.9 Å². The van der Waals surface area contributed by atoms with Gasteiger partial charge in [0.2, 0.25) is 0 Å². The van der Waals surface area contributed by atoms with Gasteiger partial charge in [-0.05, 0) is 42.2 Å². The minimum Gasteiger partial charge on any atom is -0.453 e. The number of hydrogen-bond donors (Lipinski definition) is 0. The van der Waals surface area contributed by atoms with Gasteiger partial charge in [0.1, 0.15) is 5.75 Å². The molecule has 1 heterocycles. The number of methoxy groups -OCH3 is 1. The zero-order chi connectivity index (χ0) is 26.3. The number of halogens is 3. The minimum atomic E-state index is -4.78. The topological polar surface area (TPSA) is 74.7 Å². The number of allylic oxidation sites excluding steroid dienone is 1. The Labute approximate surface area is 207 Å². The lowest BCUT2D eigenvalue weighted by molar-refractivity contribution is -0.274. The van der Waals surface area contributed by atoms with E-state index in [-0.39, 0.29) is 31.4 Å². The summed E-state index contributed by atoms with van der Waals surface area (Å²) >= 11 is 0. The van der Waals surface area contributed by atoms with E-state index in [9.17, 15) is 22.8 Å². The van der Waals surface area contributed by atoms with Crippen LogP contribution in [-0.4, -0.2) is 72.8 Å². The number of benzene rings is 2. The van der Waals surface area contributed by atoms with Gasteiger partial charge in [-0.25, -0.2) is 9.59 Å². The van der Waals surface area contributed by atoms with Gasteiger partial charge in [0.25, 0.3) is 0 Å². The number of piperazine rings is 1. The summed E-state index contributed by atoms with van der Waals surface area (Å²) in [7, 11) is 1.31. The molecule has 2 aromatic rings. The molecule has 36 heavy (non-hydrogen) atoms. The zero-order valence-corrected chi connectivity index (χ0v) is 19.9. The lowest BCUT2D eigenvalue weighted by atomic mass is 10.0. The number of alkyl halides is 3. The van der Waals surface area contributed by atoms with E-state index < -0.39 is 18.5 Å². The van der Waals surface area contributed by atoms with Gasteiger partial charge >= 0.3 is 18.5 Å². The molecular weight excluding hydrogens is 477 g/mol. The van der Waals surface area contributed by atoms with E-state index >= 15 is 0 Å². The van der Waals surface area contributed by atoms with Crippen LogP contribution < -0.4 is 4.74 Å². The number of hydrazone groups is 1. The molecule has 0 bridgehead atoms. The Morgan fingerprint density at radius 2 is 1.81 bits per heavy atom. The average molecular weight is 505 g/mol. The zero-order valence-electron chi connectivity index (χ0n) is 19.9. The Morgan fingerprint density at radius 3 is 2.39 bits per heavy atom. The van der Waals surface area contributed by atoms with Crippen molar-refractivity contribution in [3.8, 4) is 5.75 Å². The molecule has 0 aliphatic carbocycles. The number of ether oxygens (including phenoxy) is 2. The van der Waals surface area contributed by atoms with Crippen LogP contribution >= 0.6 is 0 Å². The van der Waals surface area contributed by atoms with E-state index in [1.54, 1.807) is 16.7 Å². The summed E-state index contributed by atoms with van der Waals surface area (Å²) in [5.41, 5.74) is 2.14. The standard InChI is InChI=1S/C25H27F3N4O4/c1-18(20-9-11-22(12-10-20)36-25(26,27)28)16-32(29-2)23(33)31-14-13-30(24(34)35-3)17-21(31)15-19-7-5-4-6-8-19/h4-12,16,21H,2,13-15,17H2,1,3H3/b18-16+. The first-order valence-electron chi connectivity index (χ1n) is 11.1. The van der Waals surface area contributed by atoms with Gasteiger partial charge in [-0.15, -0.1) is 13.2 Å². The van der Waals surface area contributed by atoms with Crippen LogP contribution in [0.2, 0.25) is 0 Å². The smallest absolute Gasteiger partial charge is 0.453 e. The minimum absolute atomic E-state index is 0.258. The van der Waals surface area contributed by atoms with E-state index in [1.807, 2.05) is 30.3 Å². The molecule has 0 spiro atoms. The predicted molar refractivity (Wildman–Crippen MR) is 128 cm³/mol. The van der Waals surface area contributed by atoms with Crippen molar-refractivity contribution in [2.45, 2.75) is 25.7 Å². The number of rotatable bonds is 6. The largest absolute Gasteiger partial charge is 0.573 e. The molecule has 3 amide bonds. The third kappa shape index (κ3) is 7.00. The summed E-state index contributed by atoms with van der Waals surface area (Å²) in [5, 5.41) is 4.93. The molecule has 192 valence electrons. The van der Waals surface area contributed by atoms with Gasteiger partial charge in [-0.1, -0.05) is 42.5 Å². The molecular formula is C25H27F3N4O4. The molecule has 3 rings (SSSR count). The second kappa shape index (κ2) is 11.6. The van der Waals surface area contributed by atoms with Crippen LogP contribution in [0.1, 0.15) is 18.1 Å². The molecule has 1 fully saturated rings. The van der Waals surface area contributed by atoms with E-state index in [1.165, 1.54) is 37.6 Å². The molecule has 0 radical (unpaired) electrons. The summed E-state index contributed by atoms with van der Waals surface area (Å²) in [6.07, 6.45) is -3.28. The maximum atomic E-state index is 13.4. The van der Waals surface area contributed by atoms with Gasteiger partial charge in [-0.3, -0.25) is 0 Å². The van der Waals surface area contributed by atoms with E-state index in [4.69, 9.17) is 4.74 Å². The van der Waals surface area contributed by atoms with Gasteiger partial charge in [0.05, 0.1) is 13.2 Å². The number of amides is 3. The number of carbonyl (C=O) groups excluding carboxylic acids is 2. The summed E-state index contributed by atoms with van der Waals surface area (Å²) in [6, 6.07) is 14.1. The van der Waals surface area contributed by atoms with Gasteiger partial charge in [0.15, 0.2) is 0 Å². The quantitative estimate of drug-likeness (QED) is 0.411. The maximum absolute atomic E-state index is 13.4. The van der Waals surface area contributed by atoms with Crippen LogP contribution in [0, 0.1) is 0 Å². The van der Waals surface area contributed by atoms with Crippen LogP contribution in [0.3, 0.4) is 0 Å². The molecule has 1 atom stereocenters. The summed E-state index contributed by atoms with van der Waals surface area (Å²) in [4.78, 5) is 28.7. The van der Waals surface area contributed by atoms with E-state index in [0.717, 1.165) is 10.6 Å². The Balaban J connectivity index is 1.79. The van der Waals surface area contributed by atoms with Gasteiger partial charge < -0.3 is 19.3 Å². The number of hydrogen-bond acceptors (Lipinski definition) is 5. The summed E-state index contributed by atoms with van der Waals surface area (Å²) in [5.74, 6) is -0.346. The normalized spacial score (nSPS) is 16.4. The fourth-order valence-electron chi connectivity index (χ4n) is 3.93. The first kappa shape index (κ1) is 26.6. The van der Waals surface area contributed by atoms with E-state index in [2.05, 4.69) is 16.6 Å². The molecule has 1 aliphatic heterocycles. The molecule has 1 saturated heterocycles. The third-order valence-electron chi connectivity index (χ3n) is 5.68. The Kier molecular flexibility index (Phi) is 8.57. The van der Waals surface area contributed by atoms with Crippen molar-refractivity contribution in [2.75, 3.05) is 26.7 Å². The molecule has 2 aromatic carbocycles. The van der Waals surface area contributed by atoms with Crippen molar-refractivity contribution < 1.29 is 32.2 Å². The highest BCUT2D eigenvalue weighted by Crippen LogP contribution is 2.25. The second-order valence-electron chi connectivity index (χ2n) is 8.11. The van der Waals surface area contributed by atoms with Crippen LogP contribution in [0.4, 0.5) is 22.8 Å². The van der Waals surface area contributed by atoms with Crippen LogP contribution in [-0.2, 0) is 11.2 Å². The SMILES string of the molecule is C=NN(/C=C(\C)c1ccc(OC(F)(F)F)cc1)C(=O)N1CCN(C(=O)OC)CC1Cc1ccccc1. The Morgan fingerprint density at radius 1 is 1.14 bits per heavy atom. The van der Waals surface area contributed by atoms with Crippen molar-refractivity contribution in [1.82, 2.24) is 14.8 Å². The van der Waals surface area contributed by atoms with Crippen molar-refractivity contribution in [2.24, 2.45) is 5.10 Å². The summed E-state index contributed by atoms with van der Waals surface area (Å²) < 4.78 is 46.0. The lowest BCUT2D eigenvalue weighted by Gasteiger charge is -2.41. The molecule has 0 aromatic heterocycles. The number of urea groups is 1. The van der Waals surface area contributed by atoms with Crippen LogP contribution in [0.25, 0.3) is 5.57 Å². The lowest BCUT2D eigenvalue weighted by Crippen LogP contribution is -2.58. The van der Waals surface area contributed by atoms with Gasteiger partial charge in [0, 0.05) is 32.6 Å². The Bertz CT molecular complexity index is 1090. The second-order valence-corrected chi connectivity index (χ2v) is 8.11. The first-order chi connectivity index (χ1) is 17.1. The van der Waals surface area contributed by atoms with E-state index in [0.29, 0.717) is 17.6 Å². The fourth-order valence-corrected chi connectivity index (χ4v) is 3.93. The van der Waals surface area contributed by atoms with Crippen molar-refractivity contribution in [3.05, 3.63) is 71.9 Å². The highest BCUT2D eigenvalue weighted by atomic mass is 19.4. The number of nitrogens with zero attached hydrogens (tertiary/aromatic N) is 4. The first-order valence-corrected chi connectivity index (χ1v) is 11.1. The number of carbonyl (C=O) groups is 2. The molecule has 11 heteroatoms. The highest BCUT2D eigenvalue weighted by molar-refractivity contribution is 5.79. The molecule has 0 saturated carbocycles. The molecule has 8 nitrogen and oxygen atoms in total. The molecule has 0 N–H and O–H groups in total. The fraction of sp³-hybridized carbons (Fsp3) is 0.320. The van der Waals surface area contributed by atoms with Crippen molar-refractivity contribution in [3.63, 3.8) is 0 Å². The predicted octanol–water partition coefficient (Wildman–Crippen LogP) is 4.98. The summed E-state index contributed by atoms with van der Waals surface area (Å²) in [6.45, 7) is 6.02. The van der Waals surface area contributed by atoms with Crippen molar-refractivity contribution in [1.29, 1.82) is 0 Å². The van der Waals surface area contributed by atoms with Crippen LogP contribution in [0.5, 0.6) is 5.75 Å². The monoisotopic (exact) mass is 504 g/mol. The highest BCUT2D eigenvalue weighted by Gasteiger charge is 2.35. The molecule has 1 unspecified atom stereocenters. The third-order valence-corrected chi connectivity index (χ3v) is 5.68.